The lowest BCUT2D eigenvalue weighted by Crippen LogP contribution is -2.36. The van der Waals surface area contributed by atoms with Crippen LogP contribution in [0.3, 0.4) is 0 Å². The van der Waals surface area contributed by atoms with Crippen molar-refractivity contribution in [3.63, 3.8) is 0 Å². The zero-order chi connectivity index (χ0) is 17.0. The highest BCUT2D eigenvalue weighted by Crippen LogP contribution is 2.17. The first kappa shape index (κ1) is 16.7. The number of nitriles is 1. The smallest absolute Gasteiger partial charge is 0.257 e. The molecule has 2 aromatic carbocycles. The molecule has 2 aromatic rings. The zero-order valence-corrected chi connectivity index (χ0v) is 13.7. The van der Waals surface area contributed by atoms with E-state index in [0.717, 1.165) is 5.56 Å². The first-order valence-corrected chi connectivity index (χ1v) is 8.36. The number of nitrogens with zero attached hydrogens (tertiary/aromatic N) is 1. The van der Waals surface area contributed by atoms with Gasteiger partial charge in [-0.25, -0.2) is 8.42 Å². The van der Waals surface area contributed by atoms with Gasteiger partial charge in [0, 0.05) is 5.70 Å². The van der Waals surface area contributed by atoms with Gasteiger partial charge < -0.3 is 5.43 Å². The lowest BCUT2D eigenvalue weighted by molar-refractivity contribution is 0.575. The topological polar surface area (TPSA) is 82.0 Å². The molecule has 0 saturated heterocycles. The summed E-state index contributed by atoms with van der Waals surface area (Å²) in [6.07, 6.45) is 0. The van der Waals surface area contributed by atoms with Crippen LogP contribution in [0.1, 0.15) is 22.3 Å². The Balaban J connectivity index is 2.14. The molecule has 0 aliphatic carbocycles. The van der Waals surface area contributed by atoms with Gasteiger partial charge in [0.1, 0.15) is 0 Å². The van der Waals surface area contributed by atoms with Gasteiger partial charge in [0.05, 0.1) is 16.5 Å². The zero-order valence-electron chi connectivity index (χ0n) is 12.9. The van der Waals surface area contributed by atoms with Gasteiger partial charge in [-0.05, 0) is 48.7 Å². The maximum absolute atomic E-state index is 12.4. The quantitative estimate of drug-likeness (QED) is 0.827. The van der Waals surface area contributed by atoms with Crippen LogP contribution in [0.2, 0.25) is 0 Å². The largest absolute Gasteiger partial charge is 0.308 e. The summed E-state index contributed by atoms with van der Waals surface area (Å²) < 4.78 is 24.8. The van der Waals surface area contributed by atoms with Crippen LogP contribution >= 0.6 is 0 Å². The lowest BCUT2D eigenvalue weighted by atomic mass is 10.1. The second-order valence-corrected chi connectivity index (χ2v) is 6.82. The van der Waals surface area contributed by atoms with Gasteiger partial charge >= 0.3 is 0 Å². The summed E-state index contributed by atoms with van der Waals surface area (Å²) in [7, 11) is -3.70. The molecule has 0 fully saturated rings. The number of benzene rings is 2. The van der Waals surface area contributed by atoms with Gasteiger partial charge in [-0.15, -0.1) is 4.83 Å². The van der Waals surface area contributed by atoms with E-state index < -0.39 is 10.0 Å². The minimum Gasteiger partial charge on any atom is -0.308 e. The Kier molecular flexibility index (Phi) is 4.84. The minimum atomic E-state index is -3.70. The molecule has 0 aliphatic heterocycles. The van der Waals surface area contributed by atoms with E-state index in [0.29, 0.717) is 22.4 Å². The number of hydrogen-bond donors (Lipinski definition) is 2. The second-order valence-electron chi connectivity index (χ2n) is 5.17. The Morgan fingerprint density at radius 3 is 2.39 bits per heavy atom. The molecule has 0 heterocycles. The number of hydrazine groups is 1. The van der Waals surface area contributed by atoms with E-state index in [-0.39, 0.29) is 4.90 Å². The van der Waals surface area contributed by atoms with Crippen molar-refractivity contribution in [1.29, 1.82) is 5.26 Å². The summed E-state index contributed by atoms with van der Waals surface area (Å²) >= 11 is 0. The molecule has 5 nitrogen and oxygen atoms in total. The van der Waals surface area contributed by atoms with Crippen LogP contribution < -0.4 is 10.3 Å². The Morgan fingerprint density at radius 2 is 1.78 bits per heavy atom. The molecule has 0 atom stereocenters. The minimum absolute atomic E-state index is 0.220. The van der Waals surface area contributed by atoms with Crippen LogP contribution in [0.15, 0.2) is 53.9 Å². The Hall–Kier alpha value is -2.62. The van der Waals surface area contributed by atoms with E-state index >= 15 is 0 Å². The van der Waals surface area contributed by atoms with Crippen LogP contribution in [0.25, 0.3) is 5.70 Å². The first-order valence-electron chi connectivity index (χ1n) is 6.88. The van der Waals surface area contributed by atoms with Crippen molar-refractivity contribution >= 4 is 15.7 Å². The molecule has 0 unspecified atom stereocenters. The van der Waals surface area contributed by atoms with Gasteiger partial charge in [0.2, 0.25) is 0 Å². The molecular formula is C17H17N3O2S. The van der Waals surface area contributed by atoms with Crippen molar-refractivity contribution in [2.75, 3.05) is 0 Å². The van der Waals surface area contributed by atoms with Crippen LogP contribution in [-0.4, -0.2) is 8.42 Å². The van der Waals surface area contributed by atoms with Crippen LogP contribution in [0, 0.1) is 25.2 Å². The SMILES string of the molecule is C=C(NNS(=O)(=O)c1cc(C)ccc1C)c1ccc(C#N)cc1. The monoisotopic (exact) mass is 327 g/mol. The maximum Gasteiger partial charge on any atom is 0.257 e. The number of rotatable bonds is 5. The van der Waals surface area contributed by atoms with Crippen molar-refractivity contribution < 1.29 is 8.42 Å². The van der Waals surface area contributed by atoms with E-state index in [4.69, 9.17) is 5.26 Å². The molecule has 0 aliphatic rings. The predicted molar refractivity (Wildman–Crippen MR) is 89.6 cm³/mol. The fourth-order valence-corrected chi connectivity index (χ4v) is 3.20. The van der Waals surface area contributed by atoms with E-state index in [2.05, 4.69) is 16.8 Å². The highest BCUT2D eigenvalue weighted by atomic mass is 32.2. The standard InChI is InChI=1S/C17H17N3O2S/c1-12-4-5-13(2)17(10-12)23(21,22)20-19-14(3)16-8-6-15(11-18)7-9-16/h4-10,19-20H,3H2,1-2H3. The summed E-state index contributed by atoms with van der Waals surface area (Å²) in [6.45, 7) is 7.37. The number of sulfonamides is 1. The van der Waals surface area contributed by atoms with Crippen LogP contribution in [0.5, 0.6) is 0 Å². The molecule has 2 rings (SSSR count). The third-order valence-corrected chi connectivity index (χ3v) is 4.72. The lowest BCUT2D eigenvalue weighted by Gasteiger charge is -2.13. The fourth-order valence-electron chi connectivity index (χ4n) is 2.00. The van der Waals surface area contributed by atoms with Crippen molar-refractivity contribution in [2.24, 2.45) is 0 Å². The van der Waals surface area contributed by atoms with E-state index in [1.165, 1.54) is 0 Å². The number of hydrogen-bond acceptors (Lipinski definition) is 4. The summed E-state index contributed by atoms with van der Waals surface area (Å²) in [5, 5.41) is 8.77. The Labute approximate surface area is 136 Å². The summed E-state index contributed by atoms with van der Waals surface area (Å²) in [6, 6.07) is 13.9. The summed E-state index contributed by atoms with van der Waals surface area (Å²) in [4.78, 5) is 2.55. The third-order valence-electron chi connectivity index (χ3n) is 3.33. The van der Waals surface area contributed by atoms with Crippen molar-refractivity contribution in [3.05, 3.63) is 71.3 Å². The van der Waals surface area contributed by atoms with E-state index in [1.807, 2.05) is 19.1 Å². The number of nitrogens with one attached hydrogen (secondary N) is 2. The average Bonchev–Trinajstić information content (AvgIpc) is 2.55. The molecule has 0 saturated carbocycles. The van der Waals surface area contributed by atoms with E-state index in [9.17, 15) is 8.42 Å². The van der Waals surface area contributed by atoms with E-state index in [1.54, 1.807) is 43.3 Å². The Bertz CT molecular complexity index is 879. The van der Waals surface area contributed by atoms with Crippen molar-refractivity contribution in [2.45, 2.75) is 18.7 Å². The molecule has 23 heavy (non-hydrogen) atoms. The van der Waals surface area contributed by atoms with Gasteiger partial charge in [-0.2, -0.15) is 5.26 Å². The molecular weight excluding hydrogens is 310 g/mol. The molecule has 118 valence electrons. The van der Waals surface area contributed by atoms with Gasteiger partial charge in [-0.1, -0.05) is 30.8 Å². The molecule has 0 spiro atoms. The second kappa shape index (κ2) is 6.65. The van der Waals surface area contributed by atoms with Crippen molar-refractivity contribution in [3.8, 4) is 6.07 Å². The predicted octanol–water partition coefficient (Wildman–Crippen LogP) is 2.63. The van der Waals surface area contributed by atoms with Gasteiger partial charge in [0.25, 0.3) is 10.0 Å². The molecule has 0 amide bonds. The fraction of sp³-hybridized carbons (Fsp3) is 0.118. The normalized spacial score (nSPS) is 10.8. The highest BCUT2D eigenvalue weighted by Gasteiger charge is 2.17. The summed E-state index contributed by atoms with van der Waals surface area (Å²) in [5.74, 6) is 0. The maximum atomic E-state index is 12.4. The third kappa shape index (κ3) is 3.97. The molecule has 2 N–H and O–H groups in total. The van der Waals surface area contributed by atoms with Gasteiger partial charge in [0.15, 0.2) is 0 Å². The van der Waals surface area contributed by atoms with Gasteiger partial charge in [-0.3, -0.25) is 0 Å². The Morgan fingerprint density at radius 1 is 1.13 bits per heavy atom. The molecule has 0 bridgehead atoms. The molecule has 6 heteroatoms. The van der Waals surface area contributed by atoms with Crippen LogP contribution in [-0.2, 0) is 10.0 Å². The first-order chi connectivity index (χ1) is 10.8. The molecule has 0 aromatic heterocycles. The summed E-state index contributed by atoms with van der Waals surface area (Å²) in [5.41, 5.74) is 5.74. The molecule has 0 radical (unpaired) electrons. The number of aryl methyl sites for hydroxylation is 2. The van der Waals surface area contributed by atoms with Crippen molar-refractivity contribution in [1.82, 2.24) is 10.3 Å². The van der Waals surface area contributed by atoms with Crippen LogP contribution in [0.4, 0.5) is 0 Å². The highest BCUT2D eigenvalue weighted by molar-refractivity contribution is 7.89. The average molecular weight is 327 g/mol.